The van der Waals surface area contributed by atoms with E-state index in [2.05, 4.69) is 0 Å². The van der Waals surface area contributed by atoms with E-state index >= 15 is 0 Å². The van der Waals surface area contributed by atoms with Crippen LogP contribution in [0.4, 0.5) is 0 Å². The second-order valence-corrected chi connectivity index (χ2v) is 6.89. The Kier molecular flexibility index (Phi) is 6.35. The molecule has 1 rings (SSSR count). The summed E-state index contributed by atoms with van der Waals surface area (Å²) < 4.78 is 27.6. The number of nitrogens with zero attached hydrogens (tertiary/aromatic N) is 1. The molecule has 1 fully saturated rings. The molecule has 1 saturated heterocycles. The Bertz CT molecular complexity index is 439. The summed E-state index contributed by atoms with van der Waals surface area (Å²) in [6.45, 7) is 0.0963. The van der Waals surface area contributed by atoms with Gasteiger partial charge in [0.15, 0.2) is 9.84 Å². The van der Waals surface area contributed by atoms with Crippen LogP contribution in [0.15, 0.2) is 0 Å². The third kappa shape index (κ3) is 5.16. The molecule has 0 bridgehead atoms. The maximum Gasteiger partial charge on any atom is 0.320 e. The highest BCUT2D eigenvalue weighted by Gasteiger charge is 2.34. The van der Waals surface area contributed by atoms with Crippen LogP contribution in [-0.2, 0) is 24.2 Å². The first-order chi connectivity index (χ1) is 8.89. The lowest BCUT2D eigenvalue weighted by molar-refractivity contribution is -0.143. The van der Waals surface area contributed by atoms with Crippen LogP contribution in [0.2, 0.25) is 0 Å². The van der Waals surface area contributed by atoms with Crippen LogP contribution in [0, 0.1) is 0 Å². The highest BCUT2D eigenvalue weighted by molar-refractivity contribution is 7.91. The minimum absolute atomic E-state index is 0.0231. The zero-order valence-corrected chi connectivity index (χ0v) is 12.5. The minimum Gasteiger partial charge on any atom is -0.463 e. The molecular formula is C10H15Cl2NO5S. The Hall–Kier alpha value is -0.530. The Labute approximate surface area is 121 Å². The SMILES string of the molecule is O=C(CCl)OCCN(C(=O)CCl)[C@@H]1CCS(=O)(=O)C1. The van der Waals surface area contributed by atoms with Crippen molar-refractivity contribution in [3.8, 4) is 0 Å². The van der Waals surface area contributed by atoms with Gasteiger partial charge in [-0.05, 0) is 6.42 Å². The van der Waals surface area contributed by atoms with E-state index in [1.165, 1.54) is 4.90 Å². The summed E-state index contributed by atoms with van der Waals surface area (Å²) in [6, 6.07) is -0.397. The van der Waals surface area contributed by atoms with Crippen molar-refractivity contribution in [1.29, 1.82) is 0 Å². The van der Waals surface area contributed by atoms with Gasteiger partial charge in [-0.15, -0.1) is 23.2 Å². The molecule has 0 aliphatic carbocycles. The van der Waals surface area contributed by atoms with Gasteiger partial charge in [0.2, 0.25) is 5.91 Å². The first-order valence-corrected chi connectivity index (χ1v) is 8.56. The predicted octanol–water partition coefficient (Wildman–Crippen LogP) is 0.0229. The second-order valence-electron chi connectivity index (χ2n) is 4.13. The molecule has 0 spiro atoms. The third-order valence-electron chi connectivity index (χ3n) is 2.79. The predicted molar refractivity (Wildman–Crippen MR) is 71.2 cm³/mol. The number of carbonyl (C=O) groups is 2. The molecule has 1 aliphatic heterocycles. The molecule has 0 aromatic rings. The number of hydrogen-bond acceptors (Lipinski definition) is 5. The van der Waals surface area contributed by atoms with Crippen LogP contribution in [0.3, 0.4) is 0 Å². The summed E-state index contributed by atoms with van der Waals surface area (Å²) >= 11 is 10.8. The van der Waals surface area contributed by atoms with Gasteiger partial charge >= 0.3 is 5.97 Å². The number of halogens is 2. The molecule has 1 aliphatic rings. The van der Waals surface area contributed by atoms with Gasteiger partial charge in [0.05, 0.1) is 18.1 Å². The van der Waals surface area contributed by atoms with Crippen molar-refractivity contribution in [2.75, 3.05) is 36.4 Å². The van der Waals surface area contributed by atoms with Gasteiger partial charge in [-0.1, -0.05) is 0 Å². The highest BCUT2D eigenvalue weighted by atomic mass is 35.5. The summed E-state index contributed by atoms with van der Waals surface area (Å²) in [5.74, 6) is -1.46. The lowest BCUT2D eigenvalue weighted by Crippen LogP contribution is -2.44. The van der Waals surface area contributed by atoms with Crippen molar-refractivity contribution in [2.24, 2.45) is 0 Å². The van der Waals surface area contributed by atoms with Gasteiger partial charge < -0.3 is 9.64 Å². The van der Waals surface area contributed by atoms with E-state index in [0.717, 1.165) is 0 Å². The van der Waals surface area contributed by atoms with E-state index in [9.17, 15) is 18.0 Å². The number of sulfone groups is 1. The van der Waals surface area contributed by atoms with Crippen LogP contribution in [0.25, 0.3) is 0 Å². The third-order valence-corrected chi connectivity index (χ3v) is 4.99. The molecule has 0 radical (unpaired) electrons. The summed E-state index contributed by atoms with van der Waals surface area (Å²) in [5, 5.41) is 0. The topological polar surface area (TPSA) is 80.8 Å². The molecule has 19 heavy (non-hydrogen) atoms. The first-order valence-electron chi connectivity index (χ1n) is 5.67. The molecule has 1 amide bonds. The van der Waals surface area contributed by atoms with Gasteiger partial charge in [-0.2, -0.15) is 0 Å². The van der Waals surface area contributed by atoms with E-state index in [-0.39, 0.29) is 42.3 Å². The minimum atomic E-state index is -3.09. The lowest BCUT2D eigenvalue weighted by atomic mass is 10.2. The fourth-order valence-corrected chi connectivity index (χ4v) is 3.87. The Morgan fingerprint density at radius 2 is 1.95 bits per heavy atom. The number of hydrogen-bond donors (Lipinski definition) is 0. The average Bonchev–Trinajstić information content (AvgIpc) is 2.73. The summed E-state index contributed by atoms with van der Waals surface area (Å²) in [6.07, 6.45) is 0.383. The van der Waals surface area contributed by atoms with Crippen molar-refractivity contribution in [3.63, 3.8) is 0 Å². The molecule has 0 aromatic heterocycles. The van der Waals surface area contributed by atoms with Crippen molar-refractivity contribution >= 4 is 44.9 Å². The van der Waals surface area contributed by atoms with Gasteiger partial charge in [0, 0.05) is 6.04 Å². The van der Waals surface area contributed by atoms with Crippen LogP contribution < -0.4 is 0 Å². The number of amides is 1. The lowest BCUT2D eigenvalue weighted by Gasteiger charge is -2.27. The second kappa shape index (κ2) is 7.31. The van der Waals surface area contributed by atoms with Crippen LogP contribution in [-0.4, -0.2) is 67.7 Å². The molecule has 0 saturated carbocycles. The van der Waals surface area contributed by atoms with E-state index in [1.54, 1.807) is 0 Å². The molecule has 1 atom stereocenters. The van der Waals surface area contributed by atoms with E-state index in [0.29, 0.717) is 6.42 Å². The zero-order chi connectivity index (χ0) is 14.5. The van der Waals surface area contributed by atoms with Gasteiger partial charge in [0.1, 0.15) is 18.4 Å². The Morgan fingerprint density at radius 1 is 1.26 bits per heavy atom. The molecule has 9 heteroatoms. The average molecular weight is 332 g/mol. The van der Waals surface area contributed by atoms with Crippen molar-refractivity contribution < 1.29 is 22.7 Å². The standard InChI is InChI=1S/C10H15Cl2NO5S/c11-5-9(14)13(2-3-18-10(15)6-12)8-1-4-19(16,17)7-8/h8H,1-7H2/t8-/m1/s1. The molecule has 110 valence electrons. The monoisotopic (exact) mass is 331 g/mol. The number of esters is 1. The van der Waals surface area contributed by atoms with E-state index in [4.69, 9.17) is 27.9 Å². The highest BCUT2D eigenvalue weighted by Crippen LogP contribution is 2.18. The maximum absolute atomic E-state index is 11.7. The largest absolute Gasteiger partial charge is 0.463 e. The normalized spacial score (nSPS) is 21.1. The van der Waals surface area contributed by atoms with Crippen molar-refractivity contribution in [3.05, 3.63) is 0 Å². The van der Waals surface area contributed by atoms with Gasteiger partial charge in [-0.25, -0.2) is 8.42 Å². The number of carbonyl (C=O) groups excluding carboxylic acids is 2. The van der Waals surface area contributed by atoms with Gasteiger partial charge in [-0.3, -0.25) is 9.59 Å². The van der Waals surface area contributed by atoms with Crippen LogP contribution >= 0.6 is 23.2 Å². The smallest absolute Gasteiger partial charge is 0.320 e. The fourth-order valence-electron chi connectivity index (χ4n) is 1.91. The molecule has 0 unspecified atom stereocenters. The number of ether oxygens (including phenoxy) is 1. The summed E-state index contributed by atoms with van der Waals surface area (Å²) in [4.78, 5) is 23.9. The molecular weight excluding hydrogens is 317 g/mol. The first kappa shape index (κ1) is 16.5. The number of alkyl halides is 2. The maximum atomic E-state index is 11.7. The fraction of sp³-hybridized carbons (Fsp3) is 0.800. The van der Waals surface area contributed by atoms with Crippen LogP contribution in [0.1, 0.15) is 6.42 Å². The molecule has 6 nitrogen and oxygen atoms in total. The molecule has 1 heterocycles. The van der Waals surface area contributed by atoms with Crippen LogP contribution in [0.5, 0.6) is 0 Å². The van der Waals surface area contributed by atoms with E-state index < -0.39 is 21.8 Å². The Balaban J connectivity index is 2.58. The van der Waals surface area contributed by atoms with Gasteiger partial charge in [0.25, 0.3) is 0 Å². The number of rotatable bonds is 6. The van der Waals surface area contributed by atoms with Crippen molar-refractivity contribution in [2.45, 2.75) is 12.5 Å². The zero-order valence-electron chi connectivity index (χ0n) is 10.2. The quantitative estimate of drug-likeness (QED) is 0.506. The van der Waals surface area contributed by atoms with Crippen molar-refractivity contribution in [1.82, 2.24) is 4.90 Å². The summed E-state index contributed by atoms with van der Waals surface area (Å²) in [5.41, 5.74) is 0. The van der Waals surface area contributed by atoms with E-state index in [1.807, 2.05) is 0 Å². The molecule has 0 aromatic carbocycles. The molecule has 0 N–H and O–H groups in total. The Morgan fingerprint density at radius 3 is 2.42 bits per heavy atom. The summed E-state index contributed by atoms with van der Waals surface area (Å²) in [7, 11) is -3.09.